The Kier molecular flexibility index (Phi) is 3.88. The van der Waals surface area contributed by atoms with E-state index in [1.165, 1.54) is 28.9 Å². The van der Waals surface area contributed by atoms with Crippen molar-refractivity contribution in [2.45, 2.75) is 13.5 Å². The van der Waals surface area contributed by atoms with Gasteiger partial charge in [0.05, 0.1) is 13.2 Å². The highest BCUT2D eigenvalue weighted by atomic mass is 19.1. The van der Waals surface area contributed by atoms with Gasteiger partial charge in [-0.15, -0.1) is 5.10 Å². The second-order valence-electron chi connectivity index (χ2n) is 3.60. The molecule has 0 saturated carbocycles. The van der Waals surface area contributed by atoms with Crippen LogP contribution in [0.15, 0.2) is 33.5 Å². The lowest BCUT2D eigenvalue weighted by Gasteiger charge is -1.98. The van der Waals surface area contributed by atoms with E-state index in [4.69, 9.17) is 9.15 Å². The minimum atomic E-state index is -0.547. The molecule has 1 aromatic heterocycles. The summed E-state index contributed by atoms with van der Waals surface area (Å²) in [6, 6.07) is 5.59. The van der Waals surface area contributed by atoms with Crippen LogP contribution in [-0.4, -0.2) is 23.0 Å². The molecule has 18 heavy (non-hydrogen) atoms. The Bertz CT molecular complexity index is 559. The van der Waals surface area contributed by atoms with E-state index in [1.807, 2.05) is 6.92 Å². The lowest BCUT2D eigenvalue weighted by Crippen LogP contribution is -2.18. The zero-order valence-corrected chi connectivity index (χ0v) is 9.93. The Morgan fingerprint density at radius 2 is 2.11 bits per heavy atom. The molecule has 5 nitrogen and oxygen atoms in total. The van der Waals surface area contributed by atoms with Crippen LogP contribution in [-0.2, 0) is 11.3 Å². The van der Waals surface area contributed by atoms with Crippen molar-refractivity contribution in [2.75, 3.05) is 13.2 Å². The number of rotatable bonds is 5. The Labute approximate surface area is 103 Å². The largest absolute Gasteiger partial charge is 0.437 e. The molecule has 0 saturated heterocycles. The van der Waals surface area contributed by atoms with Crippen LogP contribution in [0.5, 0.6) is 0 Å². The van der Waals surface area contributed by atoms with E-state index in [0.717, 1.165) is 0 Å². The smallest absolute Gasteiger partial charge is 0.388 e. The molecule has 0 amide bonds. The molecule has 0 aliphatic rings. The zero-order chi connectivity index (χ0) is 13.0. The average molecular weight is 252 g/mol. The fourth-order valence-corrected chi connectivity index (χ4v) is 1.45. The maximum absolute atomic E-state index is 12.8. The molecule has 0 N–H and O–H groups in total. The highest BCUT2D eigenvalue weighted by Crippen LogP contribution is 2.15. The molecule has 2 rings (SSSR count). The molecule has 0 spiro atoms. The molecule has 0 radical (unpaired) electrons. The average Bonchev–Trinajstić information content (AvgIpc) is 2.72. The number of nitrogens with zero attached hydrogens (tertiary/aromatic N) is 2. The molecule has 0 unspecified atom stereocenters. The summed E-state index contributed by atoms with van der Waals surface area (Å²) in [6.07, 6.45) is 0. The van der Waals surface area contributed by atoms with Crippen LogP contribution in [0, 0.1) is 5.82 Å². The zero-order valence-electron chi connectivity index (χ0n) is 9.93. The van der Waals surface area contributed by atoms with Gasteiger partial charge in [0, 0.05) is 12.2 Å². The van der Waals surface area contributed by atoms with Gasteiger partial charge in [-0.25, -0.2) is 9.18 Å². The summed E-state index contributed by atoms with van der Waals surface area (Å²) in [6.45, 7) is 3.18. The van der Waals surface area contributed by atoms with Crippen molar-refractivity contribution < 1.29 is 13.5 Å². The number of benzene rings is 1. The van der Waals surface area contributed by atoms with E-state index < -0.39 is 5.76 Å². The van der Waals surface area contributed by atoms with Gasteiger partial charge in [-0.05, 0) is 31.2 Å². The van der Waals surface area contributed by atoms with Gasteiger partial charge < -0.3 is 9.15 Å². The molecule has 2 aromatic rings. The van der Waals surface area contributed by atoms with Gasteiger partial charge in [0.1, 0.15) is 5.82 Å². The summed E-state index contributed by atoms with van der Waals surface area (Å²) in [5.74, 6) is -0.720. The van der Waals surface area contributed by atoms with Crippen molar-refractivity contribution in [2.24, 2.45) is 0 Å². The van der Waals surface area contributed by atoms with Gasteiger partial charge in [-0.1, -0.05) is 0 Å². The van der Waals surface area contributed by atoms with Crippen LogP contribution in [0.4, 0.5) is 4.39 Å². The third-order valence-corrected chi connectivity index (χ3v) is 2.35. The van der Waals surface area contributed by atoms with Crippen LogP contribution < -0.4 is 5.76 Å². The molecule has 0 fully saturated rings. The third-order valence-electron chi connectivity index (χ3n) is 2.35. The minimum absolute atomic E-state index is 0.177. The molecule has 0 bridgehead atoms. The lowest BCUT2D eigenvalue weighted by atomic mass is 10.2. The molecule has 0 aliphatic heterocycles. The van der Waals surface area contributed by atoms with E-state index in [2.05, 4.69) is 5.10 Å². The Hall–Kier alpha value is -1.95. The van der Waals surface area contributed by atoms with Crippen molar-refractivity contribution in [3.8, 4) is 11.5 Å². The first-order valence-corrected chi connectivity index (χ1v) is 5.62. The van der Waals surface area contributed by atoms with E-state index in [1.54, 1.807) is 0 Å². The van der Waals surface area contributed by atoms with E-state index >= 15 is 0 Å². The van der Waals surface area contributed by atoms with Crippen molar-refractivity contribution in [3.05, 3.63) is 40.6 Å². The Balaban J connectivity index is 2.17. The molecule has 96 valence electrons. The van der Waals surface area contributed by atoms with Crippen LogP contribution in [0.2, 0.25) is 0 Å². The van der Waals surface area contributed by atoms with Crippen molar-refractivity contribution in [1.29, 1.82) is 0 Å². The van der Waals surface area contributed by atoms with Gasteiger partial charge in [0.15, 0.2) is 0 Å². The SMILES string of the molecule is CCOCCn1nc(-c2ccc(F)cc2)oc1=O. The molecular formula is C12H13FN2O3. The third kappa shape index (κ3) is 2.84. The molecule has 6 heteroatoms. The lowest BCUT2D eigenvalue weighted by molar-refractivity contribution is 0.134. The topological polar surface area (TPSA) is 57.3 Å². The normalized spacial score (nSPS) is 10.8. The van der Waals surface area contributed by atoms with Crippen molar-refractivity contribution in [3.63, 3.8) is 0 Å². The summed E-state index contributed by atoms with van der Waals surface area (Å²) in [4.78, 5) is 11.5. The first-order valence-electron chi connectivity index (χ1n) is 5.62. The Morgan fingerprint density at radius 3 is 2.78 bits per heavy atom. The number of ether oxygens (including phenoxy) is 1. The fourth-order valence-electron chi connectivity index (χ4n) is 1.45. The number of hydrogen-bond acceptors (Lipinski definition) is 4. The number of halogens is 1. The first-order chi connectivity index (χ1) is 8.70. The summed E-state index contributed by atoms with van der Waals surface area (Å²) >= 11 is 0. The van der Waals surface area contributed by atoms with E-state index in [0.29, 0.717) is 25.3 Å². The van der Waals surface area contributed by atoms with Crippen LogP contribution >= 0.6 is 0 Å². The van der Waals surface area contributed by atoms with E-state index in [9.17, 15) is 9.18 Å². The maximum Gasteiger partial charge on any atom is 0.437 e. The van der Waals surface area contributed by atoms with Crippen LogP contribution in [0.25, 0.3) is 11.5 Å². The quantitative estimate of drug-likeness (QED) is 0.760. The highest BCUT2D eigenvalue weighted by molar-refractivity contribution is 5.51. The second-order valence-corrected chi connectivity index (χ2v) is 3.60. The molecule has 0 aliphatic carbocycles. The Morgan fingerprint density at radius 1 is 1.39 bits per heavy atom. The highest BCUT2D eigenvalue weighted by Gasteiger charge is 2.09. The predicted molar refractivity (Wildman–Crippen MR) is 62.7 cm³/mol. The van der Waals surface area contributed by atoms with Crippen molar-refractivity contribution >= 4 is 0 Å². The van der Waals surface area contributed by atoms with Crippen molar-refractivity contribution in [1.82, 2.24) is 9.78 Å². The first kappa shape index (κ1) is 12.5. The summed E-state index contributed by atoms with van der Waals surface area (Å²) < 4.78 is 24.1. The summed E-state index contributed by atoms with van der Waals surface area (Å²) in [5.41, 5.74) is 0.559. The molecule has 1 heterocycles. The monoisotopic (exact) mass is 252 g/mol. The van der Waals surface area contributed by atoms with Gasteiger partial charge in [-0.2, -0.15) is 4.68 Å². The number of hydrogen-bond donors (Lipinski definition) is 0. The summed E-state index contributed by atoms with van der Waals surface area (Å²) in [5, 5.41) is 4.02. The fraction of sp³-hybridized carbons (Fsp3) is 0.333. The van der Waals surface area contributed by atoms with E-state index in [-0.39, 0.29) is 11.7 Å². The summed E-state index contributed by atoms with van der Waals surface area (Å²) in [7, 11) is 0. The van der Waals surface area contributed by atoms with Crippen LogP contribution in [0.3, 0.4) is 0 Å². The van der Waals surface area contributed by atoms with Gasteiger partial charge in [0.2, 0.25) is 5.89 Å². The van der Waals surface area contributed by atoms with Gasteiger partial charge in [-0.3, -0.25) is 0 Å². The standard InChI is InChI=1S/C12H13FN2O3/c1-2-17-8-7-15-12(16)18-11(14-15)9-3-5-10(13)6-4-9/h3-6H,2,7-8H2,1H3. The van der Waals surface area contributed by atoms with Gasteiger partial charge in [0.25, 0.3) is 0 Å². The predicted octanol–water partition coefficient (Wildman–Crippen LogP) is 1.68. The molecular weight excluding hydrogens is 239 g/mol. The van der Waals surface area contributed by atoms with Crippen LogP contribution in [0.1, 0.15) is 6.92 Å². The number of aromatic nitrogens is 2. The maximum atomic E-state index is 12.8. The molecule has 0 atom stereocenters. The van der Waals surface area contributed by atoms with Gasteiger partial charge >= 0.3 is 5.76 Å². The minimum Gasteiger partial charge on any atom is -0.388 e. The second kappa shape index (κ2) is 5.59. The molecule has 1 aromatic carbocycles.